The highest BCUT2D eigenvalue weighted by Gasteiger charge is 2.51. The predicted octanol–water partition coefficient (Wildman–Crippen LogP) is 4.63. The van der Waals surface area contributed by atoms with Crippen LogP contribution in [0, 0.1) is 12.8 Å². The van der Waals surface area contributed by atoms with Crippen molar-refractivity contribution in [3.05, 3.63) is 101 Å². The van der Waals surface area contributed by atoms with Crippen LogP contribution in [0.4, 0.5) is 0 Å². The van der Waals surface area contributed by atoms with Crippen LogP contribution in [-0.2, 0) is 22.4 Å². The Morgan fingerprint density at radius 3 is 2.60 bits per heavy atom. The first-order valence-corrected chi connectivity index (χ1v) is 11.9. The van der Waals surface area contributed by atoms with E-state index in [0.29, 0.717) is 18.5 Å². The maximum atomic E-state index is 13.5. The first-order chi connectivity index (χ1) is 17.0. The topological polar surface area (TPSA) is 83.1 Å². The molecule has 176 valence electrons. The number of nitrogens with zero attached hydrogens (tertiary/aromatic N) is 2. The average molecular weight is 466 g/mol. The lowest BCUT2D eigenvalue weighted by atomic mass is 9.86. The quantitative estimate of drug-likeness (QED) is 0.245. The van der Waals surface area contributed by atoms with E-state index in [-0.39, 0.29) is 5.78 Å². The molecular weight excluding hydrogens is 438 g/mol. The number of hydrogen-bond donors (Lipinski definition) is 1. The lowest BCUT2D eigenvalue weighted by molar-refractivity contribution is -0.140. The molecule has 2 aromatic carbocycles. The monoisotopic (exact) mass is 465 g/mol. The van der Waals surface area contributed by atoms with Gasteiger partial charge in [0.05, 0.1) is 6.04 Å². The Kier molecular flexibility index (Phi) is 6.03. The van der Waals surface area contributed by atoms with Gasteiger partial charge in [-0.05, 0) is 60.2 Å². The molecule has 2 unspecified atom stereocenters. The smallest absolute Gasteiger partial charge is 0.291 e. The van der Waals surface area contributed by atoms with Crippen LogP contribution in [0.2, 0.25) is 0 Å². The zero-order valence-corrected chi connectivity index (χ0v) is 19.8. The minimum Gasteiger partial charge on any atom is -0.361 e. The summed E-state index contributed by atoms with van der Waals surface area (Å²) in [5.74, 6) is -2.72. The van der Waals surface area contributed by atoms with E-state index in [1.54, 1.807) is 23.2 Å². The number of H-pyrrole nitrogens is 1. The standard InChI is InChI=1S/C29H27N3O3/c1-3-19-7-9-20(10-8-19)26-25(27(33)22-5-4-13-30-16-22)28(34)29(35)32(26)14-12-21-17-31-24-15-18(2)6-11-23(21)24/h4-11,13,15-17,25-26,31H,3,12,14H2,1-2H3. The van der Waals surface area contributed by atoms with Gasteiger partial charge in [-0.1, -0.05) is 43.3 Å². The number of fused-ring (bicyclic) bond motifs is 1. The number of rotatable bonds is 7. The van der Waals surface area contributed by atoms with E-state index >= 15 is 0 Å². The van der Waals surface area contributed by atoms with Gasteiger partial charge in [0.2, 0.25) is 5.78 Å². The zero-order chi connectivity index (χ0) is 24.5. The average Bonchev–Trinajstić information content (AvgIpc) is 3.40. The number of carbonyl (C=O) groups excluding carboxylic acids is 3. The van der Waals surface area contributed by atoms with Gasteiger partial charge >= 0.3 is 0 Å². The number of pyridine rings is 1. The van der Waals surface area contributed by atoms with Crippen LogP contribution in [0.25, 0.3) is 10.9 Å². The number of likely N-dealkylation sites (tertiary alicyclic amines) is 1. The van der Waals surface area contributed by atoms with Gasteiger partial charge < -0.3 is 9.88 Å². The highest BCUT2D eigenvalue weighted by Crippen LogP contribution is 2.38. The molecule has 1 aliphatic heterocycles. The molecule has 0 radical (unpaired) electrons. The Morgan fingerprint density at radius 2 is 1.89 bits per heavy atom. The second-order valence-electron chi connectivity index (χ2n) is 9.10. The van der Waals surface area contributed by atoms with Crippen LogP contribution < -0.4 is 0 Å². The third-order valence-corrected chi connectivity index (χ3v) is 6.91. The molecule has 6 nitrogen and oxygen atoms in total. The fourth-order valence-corrected chi connectivity index (χ4v) is 4.99. The van der Waals surface area contributed by atoms with Gasteiger partial charge in [-0.2, -0.15) is 0 Å². The Hall–Kier alpha value is -4.06. The summed E-state index contributed by atoms with van der Waals surface area (Å²) in [6, 6.07) is 16.7. The molecule has 6 heteroatoms. The maximum absolute atomic E-state index is 13.5. The van der Waals surface area contributed by atoms with Crippen LogP contribution in [0.5, 0.6) is 0 Å². The molecule has 2 atom stereocenters. The van der Waals surface area contributed by atoms with E-state index in [1.807, 2.05) is 37.4 Å². The van der Waals surface area contributed by atoms with Crippen LogP contribution >= 0.6 is 0 Å². The number of Topliss-reactive ketones (excluding diaryl/α,β-unsaturated/α-hetero) is 2. The first kappa shape index (κ1) is 22.7. The third-order valence-electron chi connectivity index (χ3n) is 6.91. The normalized spacial score (nSPS) is 17.9. The van der Waals surface area contributed by atoms with Gasteiger partial charge in [-0.25, -0.2) is 0 Å². The van der Waals surface area contributed by atoms with E-state index in [1.165, 1.54) is 11.8 Å². The molecule has 2 aromatic heterocycles. The largest absolute Gasteiger partial charge is 0.361 e. The summed E-state index contributed by atoms with van der Waals surface area (Å²) in [6.45, 7) is 4.45. The minimum atomic E-state index is -1.09. The Labute approximate surface area is 204 Å². The molecule has 0 spiro atoms. The highest BCUT2D eigenvalue weighted by molar-refractivity contribution is 6.44. The third kappa shape index (κ3) is 4.16. The molecule has 1 amide bonds. The minimum absolute atomic E-state index is 0.336. The van der Waals surface area contributed by atoms with Crippen LogP contribution in [0.1, 0.15) is 45.6 Å². The lowest BCUT2D eigenvalue weighted by Crippen LogP contribution is -2.32. The lowest BCUT2D eigenvalue weighted by Gasteiger charge is -2.27. The van der Waals surface area contributed by atoms with E-state index < -0.39 is 23.7 Å². The Balaban J connectivity index is 1.50. The van der Waals surface area contributed by atoms with Crippen molar-refractivity contribution in [1.29, 1.82) is 0 Å². The first-order valence-electron chi connectivity index (χ1n) is 11.9. The SMILES string of the molecule is CCc1ccc(C2C(C(=O)c3cccnc3)C(=O)C(=O)N2CCc2c[nH]c3cc(C)ccc23)cc1. The summed E-state index contributed by atoms with van der Waals surface area (Å²) in [5, 5.41) is 1.10. The molecule has 35 heavy (non-hydrogen) atoms. The molecule has 0 saturated carbocycles. The van der Waals surface area contributed by atoms with Crippen molar-refractivity contribution in [2.45, 2.75) is 32.7 Å². The maximum Gasteiger partial charge on any atom is 0.291 e. The summed E-state index contributed by atoms with van der Waals surface area (Å²) in [7, 11) is 0. The van der Waals surface area contributed by atoms with Crippen molar-refractivity contribution in [2.24, 2.45) is 5.92 Å². The second kappa shape index (κ2) is 9.29. The number of ketones is 2. The molecule has 5 rings (SSSR count). The van der Waals surface area contributed by atoms with Crippen LogP contribution in [0.15, 0.2) is 73.2 Å². The fraction of sp³-hybridized carbons (Fsp3) is 0.241. The van der Waals surface area contributed by atoms with Crippen molar-refractivity contribution < 1.29 is 14.4 Å². The van der Waals surface area contributed by atoms with Crippen molar-refractivity contribution in [2.75, 3.05) is 6.54 Å². The molecule has 1 N–H and O–H groups in total. The van der Waals surface area contributed by atoms with E-state index in [0.717, 1.165) is 34.0 Å². The fourth-order valence-electron chi connectivity index (χ4n) is 4.99. The predicted molar refractivity (Wildman–Crippen MR) is 134 cm³/mol. The van der Waals surface area contributed by atoms with Crippen LogP contribution in [0.3, 0.4) is 0 Å². The number of benzene rings is 2. The summed E-state index contributed by atoms with van der Waals surface area (Å²) in [4.78, 5) is 48.8. The van der Waals surface area contributed by atoms with Gasteiger partial charge in [0.1, 0.15) is 5.92 Å². The molecule has 1 fully saturated rings. The van der Waals surface area contributed by atoms with Crippen molar-refractivity contribution in [3.63, 3.8) is 0 Å². The number of carbonyl (C=O) groups is 3. The number of aromatic amines is 1. The van der Waals surface area contributed by atoms with E-state index in [9.17, 15) is 14.4 Å². The highest BCUT2D eigenvalue weighted by atomic mass is 16.2. The van der Waals surface area contributed by atoms with Gasteiger partial charge in [0, 0.05) is 41.6 Å². The number of hydrogen-bond acceptors (Lipinski definition) is 4. The van der Waals surface area contributed by atoms with E-state index in [4.69, 9.17) is 0 Å². The van der Waals surface area contributed by atoms with Gasteiger partial charge in [-0.15, -0.1) is 0 Å². The number of amides is 1. The Morgan fingerprint density at radius 1 is 1.09 bits per heavy atom. The van der Waals surface area contributed by atoms with Crippen molar-refractivity contribution >= 4 is 28.4 Å². The molecule has 3 heterocycles. The summed E-state index contributed by atoms with van der Waals surface area (Å²) < 4.78 is 0. The van der Waals surface area contributed by atoms with Crippen LogP contribution in [-0.4, -0.2) is 38.9 Å². The molecular formula is C29H27N3O3. The molecule has 0 bridgehead atoms. The number of aryl methyl sites for hydroxylation is 2. The molecule has 1 aliphatic rings. The van der Waals surface area contributed by atoms with Crippen molar-refractivity contribution in [1.82, 2.24) is 14.9 Å². The molecule has 0 aliphatic carbocycles. The summed E-state index contributed by atoms with van der Waals surface area (Å²) in [6.07, 6.45) is 6.43. The number of aromatic nitrogens is 2. The Bertz CT molecular complexity index is 1410. The zero-order valence-electron chi connectivity index (χ0n) is 19.8. The van der Waals surface area contributed by atoms with Gasteiger partial charge in [0.25, 0.3) is 5.91 Å². The van der Waals surface area contributed by atoms with Gasteiger partial charge in [-0.3, -0.25) is 19.4 Å². The second-order valence-corrected chi connectivity index (χ2v) is 9.10. The number of nitrogens with one attached hydrogen (secondary N) is 1. The molecule has 1 saturated heterocycles. The van der Waals surface area contributed by atoms with E-state index in [2.05, 4.69) is 35.1 Å². The van der Waals surface area contributed by atoms with Gasteiger partial charge in [0.15, 0.2) is 5.78 Å². The molecule has 4 aromatic rings. The van der Waals surface area contributed by atoms with Crippen molar-refractivity contribution in [3.8, 4) is 0 Å². The summed E-state index contributed by atoms with van der Waals surface area (Å²) >= 11 is 0. The summed E-state index contributed by atoms with van der Waals surface area (Å²) in [5.41, 5.74) is 5.56.